The van der Waals surface area contributed by atoms with E-state index in [1.807, 2.05) is 30.3 Å². The van der Waals surface area contributed by atoms with E-state index in [1.54, 1.807) is 24.3 Å². The number of ether oxygens (including phenoxy) is 2. The van der Waals surface area contributed by atoms with Gasteiger partial charge in [-0.2, -0.15) is 5.10 Å². The highest BCUT2D eigenvalue weighted by atomic mass is 35.5. The average molecular weight is 417 g/mol. The summed E-state index contributed by atoms with van der Waals surface area (Å²) in [5.41, 5.74) is 2.82. The number of hydrazone groups is 1. The van der Waals surface area contributed by atoms with Gasteiger partial charge in [-0.1, -0.05) is 23.4 Å². The van der Waals surface area contributed by atoms with E-state index >= 15 is 0 Å². The first-order valence-corrected chi connectivity index (χ1v) is 9.36. The van der Waals surface area contributed by atoms with E-state index in [4.69, 9.17) is 25.5 Å². The van der Waals surface area contributed by atoms with Crippen molar-refractivity contribution in [1.29, 1.82) is 0 Å². The summed E-state index contributed by atoms with van der Waals surface area (Å²) in [6.45, 7) is 0. The summed E-state index contributed by atoms with van der Waals surface area (Å²) >= 11 is 7.34. The normalized spacial score (nSPS) is 10.8. The van der Waals surface area contributed by atoms with Gasteiger partial charge in [-0.3, -0.25) is 4.79 Å². The minimum absolute atomic E-state index is 0.367. The lowest BCUT2D eigenvalue weighted by Crippen LogP contribution is -2.17. The molecule has 0 unspecified atom stereocenters. The van der Waals surface area contributed by atoms with Gasteiger partial charge in [-0.15, -0.1) is 0 Å². The molecule has 1 N–H and O–H groups in total. The van der Waals surface area contributed by atoms with Crippen LogP contribution in [0.1, 0.15) is 16.1 Å². The second-order valence-corrected chi connectivity index (χ2v) is 7.03. The Labute approximate surface area is 171 Å². The number of carbonyl (C=O) groups excluding carboxylic acids is 1. The van der Waals surface area contributed by atoms with Crippen molar-refractivity contribution in [3.8, 4) is 11.5 Å². The number of rotatable bonds is 7. The molecule has 0 radical (unpaired) electrons. The molecule has 0 saturated carbocycles. The van der Waals surface area contributed by atoms with Crippen LogP contribution in [-0.4, -0.2) is 26.3 Å². The minimum Gasteiger partial charge on any atom is -0.497 e. The fourth-order valence-corrected chi connectivity index (χ4v) is 3.14. The molecule has 2 aromatic carbocycles. The number of nitrogens with one attached hydrogen (secondary N) is 1. The monoisotopic (exact) mass is 416 g/mol. The third-order valence-electron chi connectivity index (χ3n) is 3.61. The van der Waals surface area contributed by atoms with Crippen LogP contribution in [0.4, 0.5) is 0 Å². The Morgan fingerprint density at radius 3 is 2.39 bits per heavy atom. The Hall–Kier alpha value is -2.90. The third-order valence-corrected chi connectivity index (χ3v) is 4.79. The van der Waals surface area contributed by atoms with Crippen LogP contribution in [0.2, 0.25) is 5.02 Å². The zero-order chi connectivity index (χ0) is 19.9. The van der Waals surface area contributed by atoms with Crippen LogP contribution in [0.15, 0.2) is 74.1 Å². The van der Waals surface area contributed by atoms with Gasteiger partial charge in [0.25, 0.3) is 5.91 Å². The molecule has 0 atom stereocenters. The third kappa shape index (κ3) is 5.31. The molecule has 6 nitrogen and oxygen atoms in total. The molecule has 3 rings (SSSR count). The summed E-state index contributed by atoms with van der Waals surface area (Å²) in [7, 11) is 3.04. The molecule has 1 aromatic heterocycles. The van der Waals surface area contributed by atoms with Gasteiger partial charge in [0.05, 0.1) is 20.4 Å². The maximum absolute atomic E-state index is 12.3. The highest BCUT2D eigenvalue weighted by molar-refractivity contribution is 7.99. The second-order valence-electron chi connectivity index (χ2n) is 5.51. The number of carbonyl (C=O) groups is 1. The quantitative estimate of drug-likeness (QED) is 0.439. The Balaban J connectivity index is 1.61. The number of benzene rings is 2. The number of nitrogens with zero attached hydrogens (tertiary/aromatic N) is 1. The zero-order valence-corrected chi connectivity index (χ0v) is 16.7. The van der Waals surface area contributed by atoms with Crippen LogP contribution in [0.3, 0.4) is 0 Å². The number of hydrogen-bond donors (Lipinski definition) is 1. The number of methoxy groups -OCH3 is 2. The highest BCUT2D eigenvalue weighted by Crippen LogP contribution is 2.29. The highest BCUT2D eigenvalue weighted by Gasteiger charge is 2.09. The molecule has 0 aliphatic heterocycles. The van der Waals surface area contributed by atoms with Crippen LogP contribution >= 0.6 is 23.4 Å². The van der Waals surface area contributed by atoms with Crippen LogP contribution < -0.4 is 14.9 Å². The van der Waals surface area contributed by atoms with Crippen molar-refractivity contribution >= 4 is 35.5 Å². The molecule has 0 spiro atoms. The van der Waals surface area contributed by atoms with Gasteiger partial charge in [-0.25, -0.2) is 5.43 Å². The Kier molecular flexibility index (Phi) is 6.62. The van der Waals surface area contributed by atoms with E-state index in [0.717, 1.165) is 4.90 Å². The standard InChI is InChI=1S/C20H17ClN2O4S/c1-25-16-9-13(10-17(11-16)26-2)20(24)23-22-12-15-5-8-19(27-15)28-18-6-3-14(21)4-7-18/h3-12H,1-2H3,(H,23,24)/b22-12-. The van der Waals surface area contributed by atoms with Crippen LogP contribution in [-0.2, 0) is 0 Å². The zero-order valence-electron chi connectivity index (χ0n) is 15.1. The van der Waals surface area contributed by atoms with Gasteiger partial charge < -0.3 is 13.9 Å². The molecule has 1 heterocycles. The first-order chi connectivity index (χ1) is 13.6. The summed E-state index contributed by atoms with van der Waals surface area (Å²) in [6.07, 6.45) is 1.43. The van der Waals surface area contributed by atoms with Crippen LogP contribution in [0.25, 0.3) is 0 Å². The number of halogens is 1. The molecule has 0 aliphatic carbocycles. The Morgan fingerprint density at radius 1 is 1.07 bits per heavy atom. The van der Waals surface area contributed by atoms with Crippen molar-refractivity contribution in [2.45, 2.75) is 9.99 Å². The summed E-state index contributed by atoms with van der Waals surface area (Å²) in [5, 5.41) is 5.32. The van der Waals surface area contributed by atoms with E-state index in [-0.39, 0.29) is 0 Å². The van der Waals surface area contributed by atoms with Crippen molar-refractivity contribution in [3.05, 3.63) is 70.9 Å². The maximum atomic E-state index is 12.3. The van der Waals surface area contributed by atoms with Crippen LogP contribution in [0, 0.1) is 0 Å². The Morgan fingerprint density at radius 2 is 1.75 bits per heavy atom. The summed E-state index contributed by atoms with van der Waals surface area (Å²) < 4.78 is 16.0. The average Bonchev–Trinajstić information content (AvgIpc) is 3.16. The van der Waals surface area contributed by atoms with Crippen molar-refractivity contribution in [2.24, 2.45) is 5.10 Å². The second kappa shape index (κ2) is 9.34. The molecule has 1 amide bonds. The van der Waals surface area contributed by atoms with Gasteiger partial charge in [0.1, 0.15) is 17.3 Å². The van der Waals surface area contributed by atoms with E-state index in [9.17, 15) is 4.79 Å². The molecule has 0 fully saturated rings. The minimum atomic E-state index is -0.393. The topological polar surface area (TPSA) is 73.1 Å². The number of hydrogen-bond acceptors (Lipinski definition) is 6. The maximum Gasteiger partial charge on any atom is 0.271 e. The molecule has 0 aliphatic rings. The molecular weight excluding hydrogens is 400 g/mol. The molecule has 0 bridgehead atoms. The molecule has 0 saturated heterocycles. The molecule has 144 valence electrons. The van der Waals surface area contributed by atoms with Gasteiger partial charge in [0, 0.05) is 21.5 Å². The SMILES string of the molecule is COc1cc(OC)cc(C(=O)N/N=C\c2ccc(Sc3ccc(Cl)cc3)o2)c1. The fraction of sp³-hybridized carbons (Fsp3) is 0.100. The first-order valence-electron chi connectivity index (χ1n) is 8.17. The lowest BCUT2D eigenvalue weighted by Gasteiger charge is -2.07. The van der Waals surface area contributed by atoms with E-state index < -0.39 is 5.91 Å². The van der Waals surface area contributed by atoms with Crippen molar-refractivity contribution in [2.75, 3.05) is 14.2 Å². The predicted octanol–water partition coefficient (Wildman–Crippen LogP) is 4.87. The first kappa shape index (κ1) is 19.9. The van der Waals surface area contributed by atoms with E-state index in [2.05, 4.69) is 10.5 Å². The lowest BCUT2D eigenvalue weighted by atomic mass is 10.2. The number of amides is 1. The fourth-order valence-electron chi connectivity index (χ4n) is 2.24. The molecular formula is C20H17ClN2O4S. The van der Waals surface area contributed by atoms with Gasteiger partial charge in [0.15, 0.2) is 5.09 Å². The summed E-state index contributed by atoms with van der Waals surface area (Å²) in [4.78, 5) is 13.3. The number of furan rings is 1. The van der Waals surface area contributed by atoms with E-state index in [0.29, 0.717) is 32.9 Å². The smallest absolute Gasteiger partial charge is 0.271 e. The Bertz CT molecular complexity index is 964. The van der Waals surface area contributed by atoms with Gasteiger partial charge in [0.2, 0.25) is 0 Å². The largest absolute Gasteiger partial charge is 0.497 e. The summed E-state index contributed by atoms with van der Waals surface area (Å²) in [5.74, 6) is 1.16. The summed E-state index contributed by atoms with van der Waals surface area (Å²) in [6, 6.07) is 15.9. The molecule has 3 aromatic rings. The van der Waals surface area contributed by atoms with Crippen molar-refractivity contribution in [1.82, 2.24) is 5.43 Å². The van der Waals surface area contributed by atoms with E-state index in [1.165, 1.54) is 32.2 Å². The molecule has 8 heteroatoms. The van der Waals surface area contributed by atoms with Gasteiger partial charge in [-0.05, 0) is 48.5 Å². The van der Waals surface area contributed by atoms with Crippen LogP contribution in [0.5, 0.6) is 11.5 Å². The van der Waals surface area contributed by atoms with Crippen molar-refractivity contribution in [3.63, 3.8) is 0 Å². The molecule has 28 heavy (non-hydrogen) atoms. The predicted molar refractivity (Wildman–Crippen MR) is 109 cm³/mol. The van der Waals surface area contributed by atoms with Gasteiger partial charge >= 0.3 is 0 Å². The lowest BCUT2D eigenvalue weighted by molar-refractivity contribution is 0.0954. The van der Waals surface area contributed by atoms with Crippen molar-refractivity contribution < 1.29 is 18.7 Å².